The van der Waals surface area contributed by atoms with Crippen LogP contribution in [0.25, 0.3) is 5.57 Å². The van der Waals surface area contributed by atoms with Crippen LogP contribution in [0, 0.1) is 23.2 Å². The van der Waals surface area contributed by atoms with Gasteiger partial charge in [-0.15, -0.1) is 0 Å². The van der Waals surface area contributed by atoms with Crippen molar-refractivity contribution < 1.29 is 4.79 Å². The lowest BCUT2D eigenvalue weighted by Crippen LogP contribution is -2.53. The second-order valence-electron chi connectivity index (χ2n) is 9.47. The normalized spacial score (nSPS) is 41.9. The Balaban J connectivity index is 1.51. The van der Waals surface area contributed by atoms with Crippen LogP contribution in [0.15, 0.2) is 30.6 Å². The van der Waals surface area contributed by atoms with Crippen molar-refractivity contribution in [1.82, 2.24) is 9.88 Å². The van der Waals surface area contributed by atoms with E-state index in [2.05, 4.69) is 41.9 Å². The summed E-state index contributed by atoms with van der Waals surface area (Å²) >= 11 is 0. The van der Waals surface area contributed by atoms with E-state index >= 15 is 0 Å². The molecule has 3 heterocycles. The first kappa shape index (κ1) is 16.5. The van der Waals surface area contributed by atoms with Crippen molar-refractivity contribution in [3.05, 3.63) is 36.2 Å². The van der Waals surface area contributed by atoms with E-state index in [0.717, 1.165) is 19.4 Å². The Kier molecular flexibility index (Phi) is 3.61. The lowest BCUT2D eigenvalue weighted by atomic mass is 9.54. The van der Waals surface area contributed by atoms with Crippen molar-refractivity contribution in [2.24, 2.45) is 23.2 Å². The fourth-order valence-electron chi connectivity index (χ4n) is 7.20. The molecular weight excluding hydrogens is 320 g/mol. The molecule has 2 aliphatic heterocycles. The van der Waals surface area contributed by atoms with E-state index in [1.807, 2.05) is 12.4 Å². The molecule has 2 aliphatic carbocycles. The number of rotatable bonds is 1. The lowest BCUT2D eigenvalue weighted by molar-refractivity contribution is -0.135. The Morgan fingerprint density at radius 2 is 2.08 bits per heavy atom. The summed E-state index contributed by atoms with van der Waals surface area (Å²) in [7, 11) is 0. The van der Waals surface area contributed by atoms with Gasteiger partial charge in [-0.2, -0.15) is 0 Å². The Labute approximate surface area is 156 Å². The van der Waals surface area contributed by atoms with E-state index in [1.54, 1.807) is 0 Å². The Hall–Kier alpha value is -1.64. The van der Waals surface area contributed by atoms with Crippen molar-refractivity contribution in [2.45, 2.75) is 64.3 Å². The molecule has 3 heteroatoms. The quantitative estimate of drug-likeness (QED) is 0.736. The molecule has 1 saturated carbocycles. The molecule has 2 unspecified atom stereocenters. The van der Waals surface area contributed by atoms with E-state index in [9.17, 15) is 4.79 Å². The molecule has 4 aliphatic rings. The van der Waals surface area contributed by atoms with Gasteiger partial charge in [-0.05, 0) is 85.8 Å². The number of allylic oxidation sites excluding steroid dienone is 2. The molecule has 5 atom stereocenters. The molecule has 0 bridgehead atoms. The van der Waals surface area contributed by atoms with Crippen LogP contribution in [0.4, 0.5) is 0 Å². The molecule has 0 radical (unpaired) electrons. The van der Waals surface area contributed by atoms with Crippen LogP contribution in [0.1, 0.15) is 64.4 Å². The topological polar surface area (TPSA) is 33.2 Å². The maximum absolute atomic E-state index is 12.8. The standard InChI is InChI=1S/C23H30N2O/c1-22-12-10-20-17(6-9-21(26)25-14-4-11-23(20,25)2)19(22)8-7-18(22)16-5-3-13-24-15-16/h3,5,7,13,15,17,19-20H,4,6,8-12,14H2,1-2H3/t17-,19?,20?,22+,23+/m0/s1. The highest BCUT2D eigenvalue weighted by Crippen LogP contribution is 2.63. The van der Waals surface area contributed by atoms with Crippen molar-refractivity contribution >= 4 is 11.5 Å². The largest absolute Gasteiger partial charge is 0.337 e. The molecule has 1 aromatic heterocycles. The van der Waals surface area contributed by atoms with E-state index in [-0.39, 0.29) is 11.0 Å². The number of nitrogens with zero attached hydrogens (tertiary/aromatic N) is 2. The van der Waals surface area contributed by atoms with E-state index in [1.165, 1.54) is 43.2 Å². The van der Waals surface area contributed by atoms with Gasteiger partial charge < -0.3 is 4.90 Å². The van der Waals surface area contributed by atoms with Gasteiger partial charge in [-0.1, -0.05) is 19.1 Å². The lowest BCUT2D eigenvalue weighted by Gasteiger charge is -2.53. The summed E-state index contributed by atoms with van der Waals surface area (Å²) in [6.45, 7) is 5.87. The van der Waals surface area contributed by atoms with Crippen molar-refractivity contribution in [1.29, 1.82) is 0 Å². The van der Waals surface area contributed by atoms with Gasteiger partial charge in [0, 0.05) is 30.9 Å². The number of hydrogen-bond donors (Lipinski definition) is 0. The van der Waals surface area contributed by atoms with Crippen LogP contribution < -0.4 is 0 Å². The van der Waals surface area contributed by atoms with Gasteiger partial charge in [0.1, 0.15) is 0 Å². The first-order valence-corrected chi connectivity index (χ1v) is 10.5. The highest BCUT2D eigenvalue weighted by molar-refractivity contribution is 5.78. The number of amides is 1. The van der Waals surface area contributed by atoms with Gasteiger partial charge in [0.2, 0.25) is 5.91 Å². The molecule has 26 heavy (non-hydrogen) atoms. The minimum Gasteiger partial charge on any atom is -0.337 e. The zero-order chi connectivity index (χ0) is 17.9. The number of fused-ring (bicyclic) bond motifs is 5. The van der Waals surface area contributed by atoms with Crippen LogP contribution in [0.2, 0.25) is 0 Å². The van der Waals surface area contributed by atoms with Crippen LogP contribution in [-0.4, -0.2) is 27.9 Å². The van der Waals surface area contributed by atoms with Crippen molar-refractivity contribution in [3.63, 3.8) is 0 Å². The number of carbonyl (C=O) groups excluding carboxylic acids is 1. The minimum absolute atomic E-state index is 0.108. The highest BCUT2D eigenvalue weighted by atomic mass is 16.2. The molecule has 138 valence electrons. The summed E-state index contributed by atoms with van der Waals surface area (Å²) in [6.07, 6.45) is 14.3. The average Bonchev–Trinajstić information content (AvgIpc) is 3.18. The molecule has 0 N–H and O–H groups in total. The van der Waals surface area contributed by atoms with Crippen LogP contribution in [0.3, 0.4) is 0 Å². The third kappa shape index (κ3) is 2.12. The SMILES string of the molecule is C[C@]12CCC3[C@@H](CCC(=O)N4CCC[C@]34C)C1CC=C2c1cccnc1. The van der Waals surface area contributed by atoms with Gasteiger partial charge in [0.15, 0.2) is 0 Å². The van der Waals surface area contributed by atoms with Crippen molar-refractivity contribution in [3.8, 4) is 0 Å². The Morgan fingerprint density at radius 3 is 2.88 bits per heavy atom. The number of aromatic nitrogens is 1. The van der Waals surface area contributed by atoms with E-state index in [4.69, 9.17) is 0 Å². The number of carbonyl (C=O) groups is 1. The zero-order valence-electron chi connectivity index (χ0n) is 16.1. The van der Waals surface area contributed by atoms with Crippen LogP contribution in [0.5, 0.6) is 0 Å². The summed E-state index contributed by atoms with van der Waals surface area (Å²) in [4.78, 5) is 19.4. The summed E-state index contributed by atoms with van der Waals surface area (Å²) < 4.78 is 0. The summed E-state index contributed by atoms with van der Waals surface area (Å²) in [5.74, 6) is 2.45. The second kappa shape index (κ2) is 5.68. The Bertz CT molecular complexity index is 757. The van der Waals surface area contributed by atoms with Gasteiger partial charge in [-0.3, -0.25) is 9.78 Å². The summed E-state index contributed by atoms with van der Waals surface area (Å²) in [6, 6.07) is 4.27. The molecular formula is C23H30N2O. The van der Waals surface area contributed by atoms with Crippen LogP contribution >= 0.6 is 0 Å². The molecule has 0 aromatic carbocycles. The maximum Gasteiger partial charge on any atom is 0.223 e. The van der Waals surface area contributed by atoms with Crippen LogP contribution in [-0.2, 0) is 4.79 Å². The second-order valence-corrected chi connectivity index (χ2v) is 9.47. The minimum atomic E-state index is 0.108. The average molecular weight is 351 g/mol. The molecule has 2 saturated heterocycles. The zero-order valence-corrected chi connectivity index (χ0v) is 16.1. The number of pyridine rings is 1. The first-order valence-electron chi connectivity index (χ1n) is 10.5. The van der Waals surface area contributed by atoms with Gasteiger partial charge in [-0.25, -0.2) is 0 Å². The third-order valence-electron chi connectivity index (χ3n) is 8.46. The fraction of sp³-hybridized carbons (Fsp3) is 0.652. The third-order valence-corrected chi connectivity index (χ3v) is 8.46. The molecule has 5 rings (SSSR count). The smallest absolute Gasteiger partial charge is 0.223 e. The predicted octanol–water partition coefficient (Wildman–Crippen LogP) is 4.69. The number of hydrogen-bond acceptors (Lipinski definition) is 2. The summed E-state index contributed by atoms with van der Waals surface area (Å²) in [5.41, 5.74) is 3.17. The van der Waals surface area contributed by atoms with E-state index < -0.39 is 0 Å². The molecule has 1 aromatic rings. The maximum atomic E-state index is 12.8. The van der Waals surface area contributed by atoms with Crippen molar-refractivity contribution in [2.75, 3.05) is 6.54 Å². The Morgan fingerprint density at radius 1 is 1.19 bits per heavy atom. The highest BCUT2D eigenvalue weighted by Gasteiger charge is 2.58. The van der Waals surface area contributed by atoms with E-state index in [0.29, 0.717) is 23.7 Å². The van der Waals surface area contributed by atoms with Gasteiger partial charge in [0.05, 0.1) is 0 Å². The predicted molar refractivity (Wildman–Crippen MR) is 103 cm³/mol. The monoisotopic (exact) mass is 350 g/mol. The molecule has 3 fully saturated rings. The fourth-order valence-corrected chi connectivity index (χ4v) is 7.20. The molecule has 3 nitrogen and oxygen atoms in total. The summed E-state index contributed by atoms with van der Waals surface area (Å²) in [5, 5.41) is 0. The molecule has 1 amide bonds. The van der Waals surface area contributed by atoms with Gasteiger partial charge in [0.25, 0.3) is 0 Å². The van der Waals surface area contributed by atoms with Gasteiger partial charge >= 0.3 is 0 Å². The first-order chi connectivity index (χ1) is 12.5. The molecule has 0 spiro atoms.